The standard InChI is InChI=1S/C11H7BrFN3O2/c12-6-2-1-3-7(13)10(6)14-9-5-4-8(11(17)18)15-16-9/h1-5H,(H,14,16)(H,17,18). The molecule has 0 saturated heterocycles. The lowest BCUT2D eigenvalue weighted by Gasteiger charge is -2.08. The topological polar surface area (TPSA) is 75.1 Å². The third kappa shape index (κ3) is 2.62. The van der Waals surface area contributed by atoms with E-state index in [9.17, 15) is 9.18 Å². The van der Waals surface area contributed by atoms with Gasteiger partial charge in [-0.15, -0.1) is 10.2 Å². The van der Waals surface area contributed by atoms with E-state index in [2.05, 4.69) is 31.4 Å². The van der Waals surface area contributed by atoms with Gasteiger partial charge in [0.1, 0.15) is 5.82 Å². The van der Waals surface area contributed by atoms with E-state index in [0.717, 1.165) is 0 Å². The van der Waals surface area contributed by atoms with Gasteiger partial charge in [-0.25, -0.2) is 9.18 Å². The lowest BCUT2D eigenvalue weighted by atomic mass is 10.3. The number of para-hydroxylation sites is 1. The van der Waals surface area contributed by atoms with E-state index in [1.807, 2.05) is 0 Å². The van der Waals surface area contributed by atoms with Crippen molar-refractivity contribution in [2.24, 2.45) is 0 Å². The van der Waals surface area contributed by atoms with Crippen LogP contribution in [0.25, 0.3) is 0 Å². The summed E-state index contributed by atoms with van der Waals surface area (Å²) in [6.07, 6.45) is 0. The highest BCUT2D eigenvalue weighted by Crippen LogP contribution is 2.27. The van der Waals surface area contributed by atoms with Crippen molar-refractivity contribution in [1.29, 1.82) is 0 Å². The highest BCUT2D eigenvalue weighted by Gasteiger charge is 2.09. The van der Waals surface area contributed by atoms with Crippen LogP contribution in [0.15, 0.2) is 34.8 Å². The molecule has 7 heteroatoms. The van der Waals surface area contributed by atoms with Crippen LogP contribution in [0.5, 0.6) is 0 Å². The molecule has 0 aliphatic heterocycles. The van der Waals surface area contributed by atoms with Crippen molar-refractivity contribution in [3.05, 3.63) is 46.3 Å². The maximum atomic E-state index is 13.5. The van der Waals surface area contributed by atoms with Gasteiger partial charge in [-0.3, -0.25) is 0 Å². The van der Waals surface area contributed by atoms with Crippen molar-refractivity contribution < 1.29 is 14.3 Å². The summed E-state index contributed by atoms with van der Waals surface area (Å²) in [6.45, 7) is 0. The van der Waals surface area contributed by atoms with Crippen molar-refractivity contribution in [2.75, 3.05) is 5.32 Å². The summed E-state index contributed by atoms with van der Waals surface area (Å²) in [4.78, 5) is 10.6. The van der Waals surface area contributed by atoms with Gasteiger partial charge >= 0.3 is 5.97 Å². The van der Waals surface area contributed by atoms with E-state index in [-0.39, 0.29) is 17.2 Å². The highest BCUT2D eigenvalue weighted by atomic mass is 79.9. The summed E-state index contributed by atoms with van der Waals surface area (Å²) in [7, 11) is 0. The molecule has 1 aromatic carbocycles. The fraction of sp³-hybridized carbons (Fsp3) is 0. The van der Waals surface area contributed by atoms with E-state index >= 15 is 0 Å². The van der Waals surface area contributed by atoms with Crippen LogP contribution in [0.3, 0.4) is 0 Å². The lowest BCUT2D eigenvalue weighted by Crippen LogP contribution is -2.04. The van der Waals surface area contributed by atoms with Crippen LogP contribution in [0.2, 0.25) is 0 Å². The van der Waals surface area contributed by atoms with Crippen LogP contribution in [-0.4, -0.2) is 21.3 Å². The monoisotopic (exact) mass is 311 g/mol. The zero-order valence-corrected chi connectivity index (χ0v) is 10.5. The number of aromatic nitrogens is 2. The summed E-state index contributed by atoms with van der Waals surface area (Å²) < 4.78 is 14.0. The average molecular weight is 312 g/mol. The Kier molecular flexibility index (Phi) is 3.52. The molecule has 0 amide bonds. The summed E-state index contributed by atoms with van der Waals surface area (Å²) >= 11 is 3.20. The number of aromatic carboxylic acids is 1. The Morgan fingerprint density at radius 3 is 2.61 bits per heavy atom. The first kappa shape index (κ1) is 12.4. The van der Waals surface area contributed by atoms with E-state index in [0.29, 0.717) is 4.47 Å². The lowest BCUT2D eigenvalue weighted by molar-refractivity contribution is 0.0689. The van der Waals surface area contributed by atoms with Gasteiger partial charge in [-0.2, -0.15) is 0 Å². The van der Waals surface area contributed by atoms with Crippen LogP contribution in [-0.2, 0) is 0 Å². The minimum absolute atomic E-state index is 0.173. The van der Waals surface area contributed by atoms with Gasteiger partial charge in [0, 0.05) is 4.47 Å². The molecule has 2 aromatic rings. The minimum atomic E-state index is -1.17. The van der Waals surface area contributed by atoms with Crippen LogP contribution in [0.4, 0.5) is 15.9 Å². The Morgan fingerprint density at radius 2 is 2.06 bits per heavy atom. The second-order valence-electron chi connectivity index (χ2n) is 3.33. The number of nitrogens with one attached hydrogen (secondary N) is 1. The van der Waals surface area contributed by atoms with Crippen molar-refractivity contribution in [3.63, 3.8) is 0 Å². The summed E-state index contributed by atoms with van der Waals surface area (Å²) in [5.74, 6) is -1.36. The maximum Gasteiger partial charge on any atom is 0.356 e. The van der Waals surface area contributed by atoms with Gasteiger partial charge < -0.3 is 10.4 Å². The second kappa shape index (κ2) is 5.09. The number of nitrogens with zero attached hydrogens (tertiary/aromatic N) is 2. The zero-order valence-electron chi connectivity index (χ0n) is 8.89. The number of benzene rings is 1. The van der Waals surface area contributed by atoms with Gasteiger partial charge in [-0.1, -0.05) is 6.07 Å². The Morgan fingerprint density at radius 1 is 1.28 bits per heavy atom. The predicted molar refractivity (Wildman–Crippen MR) is 66.4 cm³/mol. The fourth-order valence-corrected chi connectivity index (χ4v) is 1.70. The molecule has 0 saturated carbocycles. The van der Waals surface area contributed by atoms with Crippen LogP contribution >= 0.6 is 15.9 Å². The van der Waals surface area contributed by atoms with Crippen LogP contribution < -0.4 is 5.32 Å². The van der Waals surface area contributed by atoms with E-state index < -0.39 is 11.8 Å². The number of rotatable bonds is 3. The molecule has 1 aromatic heterocycles. The summed E-state index contributed by atoms with van der Waals surface area (Å²) in [6, 6.07) is 7.22. The molecule has 0 aliphatic carbocycles. The molecule has 0 unspecified atom stereocenters. The molecular formula is C11H7BrFN3O2. The zero-order chi connectivity index (χ0) is 13.1. The molecule has 92 valence electrons. The van der Waals surface area contributed by atoms with Crippen molar-refractivity contribution in [3.8, 4) is 0 Å². The Labute approximate surface area is 110 Å². The minimum Gasteiger partial charge on any atom is -0.476 e. The molecule has 0 spiro atoms. The third-order valence-corrected chi connectivity index (χ3v) is 2.76. The maximum absolute atomic E-state index is 13.5. The molecule has 2 rings (SSSR count). The van der Waals surface area contributed by atoms with Crippen molar-refractivity contribution in [2.45, 2.75) is 0 Å². The van der Waals surface area contributed by atoms with Gasteiger partial charge in [-0.05, 0) is 40.2 Å². The van der Waals surface area contributed by atoms with Gasteiger partial charge in [0.15, 0.2) is 11.5 Å². The number of carboxylic acids is 1. The van der Waals surface area contributed by atoms with E-state index in [1.165, 1.54) is 18.2 Å². The Bertz CT molecular complexity index is 569. The first-order valence-corrected chi connectivity index (χ1v) is 5.65. The first-order chi connectivity index (χ1) is 8.58. The molecule has 5 nitrogen and oxygen atoms in total. The molecule has 1 heterocycles. The molecule has 0 fully saturated rings. The SMILES string of the molecule is O=C(O)c1ccc(Nc2c(F)cccc2Br)nn1. The molecule has 0 bridgehead atoms. The Hall–Kier alpha value is -2.02. The number of carboxylic acid groups (broad SMARTS) is 1. The molecular weight excluding hydrogens is 305 g/mol. The van der Waals surface area contributed by atoms with Crippen LogP contribution in [0, 0.1) is 5.82 Å². The predicted octanol–water partition coefficient (Wildman–Crippen LogP) is 2.82. The number of halogens is 2. The summed E-state index contributed by atoms with van der Waals surface area (Å²) in [5, 5.41) is 18.5. The first-order valence-electron chi connectivity index (χ1n) is 4.86. The highest BCUT2D eigenvalue weighted by molar-refractivity contribution is 9.10. The number of carbonyl (C=O) groups is 1. The number of hydrogen-bond acceptors (Lipinski definition) is 4. The molecule has 0 radical (unpaired) electrons. The normalized spacial score (nSPS) is 10.1. The molecule has 18 heavy (non-hydrogen) atoms. The van der Waals surface area contributed by atoms with Gasteiger partial charge in [0.05, 0.1) is 5.69 Å². The molecule has 0 aliphatic rings. The molecule has 0 atom stereocenters. The number of hydrogen-bond donors (Lipinski definition) is 2. The van der Waals surface area contributed by atoms with E-state index in [4.69, 9.17) is 5.11 Å². The van der Waals surface area contributed by atoms with Crippen molar-refractivity contribution >= 4 is 33.4 Å². The van der Waals surface area contributed by atoms with Gasteiger partial charge in [0.25, 0.3) is 0 Å². The average Bonchev–Trinajstić information content (AvgIpc) is 2.34. The second-order valence-corrected chi connectivity index (χ2v) is 4.18. The van der Waals surface area contributed by atoms with Gasteiger partial charge in [0.2, 0.25) is 0 Å². The Balaban J connectivity index is 2.26. The summed E-state index contributed by atoms with van der Waals surface area (Å²) in [5.41, 5.74) is 0.0445. The van der Waals surface area contributed by atoms with Crippen LogP contribution in [0.1, 0.15) is 10.5 Å². The quantitative estimate of drug-likeness (QED) is 0.911. The smallest absolute Gasteiger partial charge is 0.356 e. The third-order valence-electron chi connectivity index (χ3n) is 2.10. The van der Waals surface area contributed by atoms with Crippen molar-refractivity contribution in [1.82, 2.24) is 10.2 Å². The van der Waals surface area contributed by atoms with E-state index in [1.54, 1.807) is 12.1 Å². The largest absolute Gasteiger partial charge is 0.476 e. The molecule has 2 N–H and O–H groups in total. The fourth-order valence-electron chi connectivity index (χ4n) is 1.26. The number of anilines is 2.